The number of fused-ring (bicyclic) bond motifs is 1. The van der Waals surface area contributed by atoms with Gasteiger partial charge >= 0.3 is 0 Å². The van der Waals surface area contributed by atoms with Crippen LogP contribution in [-0.2, 0) is 5.75 Å². The SMILES string of the molecule is Cc1cc(NC(=O)c2ccc(SCc3cn4ccccc4n3)cc2)ccc1C(N)=O. The Labute approximate surface area is 178 Å². The summed E-state index contributed by atoms with van der Waals surface area (Å²) >= 11 is 1.67. The molecule has 2 amide bonds. The number of pyridine rings is 1. The predicted octanol–water partition coefficient (Wildman–Crippen LogP) is 4.29. The number of carbonyl (C=O) groups is 2. The number of carbonyl (C=O) groups excluding carboxylic acids is 2. The highest BCUT2D eigenvalue weighted by atomic mass is 32.2. The fourth-order valence-electron chi connectivity index (χ4n) is 3.14. The molecule has 2 aromatic heterocycles. The van der Waals surface area contributed by atoms with Crippen LogP contribution >= 0.6 is 11.8 Å². The van der Waals surface area contributed by atoms with E-state index in [9.17, 15) is 9.59 Å². The lowest BCUT2D eigenvalue weighted by atomic mass is 10.1. The van der Waals surface area contributed by atoms with Gasteiger partial charge in [-0.1, -0.05) is 6.07 Å². The van der Waals surface area contributed by atoms with Crippen molar-refractivity contribution in [3.05, 3.63) is 95.4 Å². The second-order valence-electron chi connectivity index (χ2n) is 6.86. The Kier molecular flexibility index (Phi) is 5.54. The number of primary amides is 1. The van der Waals surface area contributed by atoms with E-state index in [1.165, 1.54) is 0 Å². The van der Waals surface area contributed by atoms with Gasteiger partial charge in [0.2, 0.25) is 5.91 Å². The molecular weight excluding hydrogens is 396 g/mol. The average Bonchev–Trinajstić information content (AvgIpc) is 3.15. The molecule has 30 heavy (non-hydrogen) atoms. The number of aromatic nitrogens is 2. The summed E-state index contributed by atoms with van der Waals surface area (Å²) in [6.07, 6.45) is 4.00. The van der Waals surface area contributed by atoms with E-state index in [4.69, 9.17) is 5.73 Å². The smallest absolute Gasteiger partial charge is 0.255 e. The van der Waals surface area contributed by atoms with Gasteiger partial charge in [0.25, 0.3) is 5.91 Å². The van der Waals surface area contributed by atoms with Gasteiger partial charge in [0.15, 0.2) is 0 Å². The molecule has 150 valence electrons. The predicted molar refractivity (Wildman–Crippen MR) is 119 cm³/mol. The number of amides is 2. The molecule has 0 radical (unpaired) electrons. The summed E-state index contributed by atoms with van der Waals surface area (Å²) in [5.41, 5.74) is 9.59. The third-order valence-electron chi connectivity index (χ3n) is 4.67. The minimum absolute atomic E-state index is 0.210. The monoisotopic (exact) mass is 416 g/mol. The third kappa shape index (κ3) is 4.36. The summed E-state index contributed by atoms with van der Waals surface area (Å²) in [6, 6.07) is 18.4. The van der Waals surface area contributed by atoms with Crippen molar-refractivity contribution < 1.29 is 9.59 Å². The third-order valence-corrected chi connectivity index (χ3v) is 5.71. The quantitative estimate of drug-likeness (QED) is 0.459. The molecule has 2 aromatic carbocycles. The Morgan fingerprint density at radius 1 is 1.10 bits per heavy atom. The first-order chi connectivity index (χ1) is 14.5. The lowest BCUT2D eigenvalue weighted by Crippen LogP contribution is -2.14. The topological polar surface area (TPSA) is 89.5 Å². The summed E-state index contributed by atoms with van der Waals surface area (Å²) in [4.78, 5) is 29.5. The van der Waals surface area contributed by atoms with Gasteiger partial charge < -0.3 is 15.5 Å². The Morgan fingerprint density at radius 2 is 1.90 bits per heavy atom. The molecule has 4 rings (SSSR count). The van der Waals surface area contributed by atoms with Gasteiger partial charge in [-0.2, -0.15) is 0 Å². The van der Waals surface area contributed by atoms with Gasteiger partial charge in [-0.05, 0) is 67.1 Å². The number of hydrogen-bond donors (Lipinski definition) is 2. The number of nitrogens with zero attached hydrogens (tertiary/aromatic N) is 2. The van der Waals surface area contributed by atoms with Crippen molar-refractivity contribution in [2.24, 2.45) is 5.73 Å². The van der Waals surface area contributed by atoms with E-state index < -0.39 is 5.91 Å². The molecule has 0 saturated heterocycles. The fourth-order valence-corrected chi connectivity index (χ4v) is 3.92. The average molecular weight is 417 g/mol. The maximum Gasteiger partial charge on any atom is 0.255 e. The summed E-state index contributed by atoms with van der Waals surface area (Å²) in [5, 5.41) is 2.85. The largest absolute Gasteiger partial charge is 0.366 e. The first-order valence-corrected chi connectivity index (χ1v) is 10.4. The van der Waals surface area contributed by atoms with Gasteiger partial charge in [0.1, 0.15) is 5.65 Å². The summed E-state index contributed by atoms with van der Waals surface area (Å²) in [5.74, 6) is 0.0545. The molecule has 0 atom stereocenters. The van der Waals surface area contributed by atoms with Crippen LogP contribution in [0, 0.1) is 6.92 Å². The molecular formula is C23H20N4O2S. The molecule has 4 aromatic rings. The van der Waals surface area contributed by atoms with Gasteiger partial charge in [0.05, 0.1) is 5.69 Å². The minimum Gasteiger partial charge on any atom is -0.366 e. The fraction of sp³-hybridized carbons (Fsp3) is 0.0870. The number of benzene rings is 2. The molecule has 2 heterocycles. The number of aryl methyl sites for hydroxylation is 1. The molecule has 3 N–H and O–H groups in total. The normalized spacial score (nSPS) is 10.8. The van der Waals surface area contributed by atoms with E-state index in [1.807, 2.05) is 47.1 Å². The zero-order chi connectivity index (χ0) is 21.1. The molecule has 0 saturated carbocycles. The molecule has 7 heteroatoms. The molecule has 0 aliphatic heterocycles. The van der Waals surface area contributed by atoms with Crippen molar-refractivity contribution in [2.75, 3.05) is 5.32 Å². The highest BCUT2D eigenvalue weighted by Crippen LogP contribution is 2.23. The van der Waals surface area contributed by atoms with Crippen LogP contribution in [0.1, 0.15) is 32.0 Å². The number of nitrogens with two attached hydrogens (primary N) is 1. The number of rotatable bonds is 6. The second-order valence-corrected chi connectivity index (χ2v) is 7.91. The number of imidazole rings is 1. The van der Waals surface area contributed by atoms with Gasteiger partial charge in [-0.25, -0.2) is 4.98 Å². The first kappa shape index (κ1) is 19.7. The molecule has 0 aliphatic carbocycles. The van der Waals surface area contributed by atoms with Crippen LogP contribution in [-0.4, -0.2) is 21.2 Å². The Bertz CT molecular complexity index is 1200. The Hall–Kier alpha value is -3.58. The maximum atomic E-state index is 12.5. The molecule has 0 bridgehead atoms. The summed E-state index contributed by atoms with van der Waals surface area (Å²) in [7, 11) is 0. The van der Waals surface area contributed by atoms with Crippen molar-refractivity contribution in [3.63, 3.8) is 0 Å². The highest BCUT2D eigenvalue weighted by molar-refractivity contribution is 7.98. The molecule has 6 nitrogen and oxygen atoms in total. The van der Waals surface area contributed by atoms with Gasteiger partial charge in [-0.3, -0.25) is 9.59 Å². The number of hydrogen-bond acceptors (Lipinski definition) is 4. The van der Waals surface area contributed by atoms with Gasteiger partial charge in [-0.15, -0.1) is 11.8 Å². The lowest BCUT2D eigenvalue weighted by molar-refractivity contribution is 0.0997. The second kappa shape index (κ2) is 8.42. The Morgan fingerprint density at radius 3 is 2.60 bits per heavy atom. The summed E-state index contributed by atoms with van der Waals surface area (Å²) < 4.78 is 2.00. The highest BCUT2D eigenvalue weighted by Gasteiger charge is 2.10. The van der Waals surface area contributed by atoms with Crippen LogP contribution in [0.2, 0.25) is 0 Å². The maximum absolute atomic E-state index is 12.5. The number of anilines is 1. The Balaban J connectivity index is 1.38. The molecule has 0 spiro atoms. The standard InChI is InChI=1S/C23H20N4O2S/c1-15-12-17(7-10-20(15)22(24)28)26-23(29)16-5-8-19(9-6-16)30-14-18-13-27-11-3-2-4-21(27)25-18/h2-13H,14H2,1H3,(H2,24,28)(H,26,29). The van der Waals surface area contributed by atoms with Crippen LogP contribution in [0.25, 0.3) is 5.65 Å². The van der Waals surface area contributed by atoms with Crippen molar-refractivity contribution in [1.29, 1.82) is 0 Å². The number of nitrogens with one attached hydrogen (secondary N) is 1. The molecule has 0 aliphatic rings. The minimum atomic E-state index is -0.484. The van der Waals surface area contributed by atoms with Crippen LogP contribution in [0.3, 0.4) is 0 Å². The summed E-state index contributed by atoms with van der Waals surface area (Å²) in [6.45, 7) is 1.78. The van der Waals surface area contributed by atoms with Crippen molar-refractivity contribution >= 4 is 34.9 Å². The number of thioether (sulfide) groups is 1. The van der Waals surface area contributed by atoms with E-state index >= 15 is 0 Å². The van der Waals surface area contributed by atoms with Crippen LogP contribution in [0.15, 0.2) is 78.0 Å². The van der Waals surface area contributed by atoms with Crippen molar-refractivity contribution in [1.82, 2.24) is 9.38 Å². The van der Waals surface area contributed by atoms with Gasteiger partial charge in [0, 0.05) is 39.9 Å². The molecule has 0 fully saturated rings. The van der Waals surface area contributed by atoms with E-state index in [-0.39, 0.29) is 5.91 Å². The van der Waals surface area contributed by atoms with Crippen molar-refractivity contribution in [3.8, 4) is 0 Å². The van der Waals surface area contributed by atoms with E-state index in [2.05, 4.69) is 10.3 Å². The zero-order valence-corrected chi connectivity index (χ0v) is 17.1. The van der Waals surface area contributed by atoms with E-state index in [1.54, 1.807) is 49.0 Å². The van der Waals surface area contributed by atoms with E-state index in [0.29, 0.717) is 16.8 Å². The first-order valence-electron chi connectivity index (χ1n) is 9.37. The van der Waals surface area contributed by atoms with Crippen LogP contribution < -0.4 is 11.1 Å². The van der Waals surface area contributed by atoms with Crippen molar-refractivity contribution in [2.45, 2.75) is 17.6 Å². The molecule has 0 unspecified atom stereocenters. The zero-order valence-electron chi connectivity index (χ0n) is 16.3. The van der Waals surface area contributed by atoms with E-state index in [0.717, 1.165) is 27.6 Å². The van der Waals surface area contributed by atoms with Crippen LogP contribution in [0.5, 0.6) is 0 Å². The van der Waals surface area contributed by atoms with Crippen LogP contribution in [0.4, 0.5) is 5.69 Å². The lowest BCUT2D eigenvalue weighted by Gasteiger charge is -2.09.